The van der Waals surface area contributed by atoms with E-state index in [1.54, 1.807) is 15.8 Å². The SMILES string of the molecule is CCCN(CCC)S(=O)(=O)c1ccsc1CCl. The van der Waals surface area contributed by atoms with Crippen molar-refractivity contribution in [3.05, 3.63) is 16.3 Å². The van der Waals surface area contributed by atoms with Gasteiger partial charge in [0.05, 0.1) is 10.8 Å². The van der Waals surface area contributed by atoms with E-state index in [-0.39, 0.29) is 5.88 Å². The summed E-state index contributed by atoms with van der Waals surface area (Å²) >= 11 is 7.16. The molecule has 0 aliphatic heterocycles. The Morgan fingerprint density at radius 2 is 1.88 bits per heavy atom. The molecule has 0 aliphatic carbocycles. The Kier molecular flexibility index (Phi) is 5.92. The summed E-state index contributed by atoms with van der Waals surface area (Å²) in [6.07, 6.45) is 1.64. The molecular weight excluding hydrogens is 278 g/mol. The highest BCUT2D eigenvalue weighted by atomic mass is 35.5. The summed E-state index contributed by atoms with van der Waals surface area (Å²) in [6.45, 7) is 5.09. The topological polar surface area (TPSA) is 37.4 Å². The molecule has 0 aliphatic rings. The summed E-state index contributed by atoms with van der Waals surface area (Å²) < 4.78 is 26.4. The van der Waals surface area contributed by atoms with Gasteiger partial charge in [-0.05, 0) is 24.3 Å². The van der Waals surface area contributed by atoms with E-state index in [9.17, 15) is 8.42 Å². The highest BCUT2D eigenvalue weighted by Crippen LogP contribution is 2.26. The molecule has 0 saturated heterocycles. The predicted molar refractivity (Wildman–Crippen MR) is 73.2 cm³/mol. The fraction of sp³-hybridized carbons (Fsp3) is 0.636. The second kappa shape index (κ2) is 6.73. The zero-order valence-corrected chi connectivity index (χ0v) is 12.5. The Bertz CT molecular complexity index is 436. The molecule has 6 heteroatoms. The van der Waals surface area contributed by atoms with Crippen LogP contribution in [0, 0.1) is 0 Å². The Hall–Kier alpha value is -0.100. The lowest BCUT2D eigenvalue weighted by Gasteiger charge is -2.20. The Morgan fingerprint density at radius 3 is 2.35 bits per heavy atom. The number of halogens is 1. The molecule has 3 nitrogen and oxygen atoms in total. The molecule has 0 amide bonds. The van der Waals surface area contributed by atoms with E-state index in [4.69, 9.17) is 11.6 Å². The van der Waals surface area contributed by atoms with Gasteiger partial charge in [0.1, 0.15) is 0 Å². The molecule has 0 fully saturated rings. The van der Waals surface area contributed by atoms with E-state index in [1.807, 2.05) is 13.8 Å². The quantitative estimate of drug-likeness (QED) is 0.724. The lowest BCUT2D eigenvalue weighted by molar-refractivity contribution is 0.410. The lowest BCUT2D eigenvalue weighted by atomic mass is 10.4. The fourth-order valence-corrected chi connectivity index (χ4v) is 4.94. The largest absolute Gasteiger partial charge is 0.244 e. The van der Waals surface area contributed by atoms with Crippen molar-refractivity contribution in [1.82, 2.24) is 4.31 Å². The van der Waals surface area contributed by atoms with Crippen LogP contribution in [0.15, 0.2) is 16.3 Å². The first kappa shape index (κ1) is 15.0. The smallest absolute Gasteiger partial charge is 0.207 e. The van der Waals surface area contributed by atoms with Crippen molar-refractivity contribution in [2.45, 2.75) is 37.5 Å². The molecule has 0 bridgehead atoms. The van der Waals surface area contributed by atoms with Crippen molar-refractivity contribution in [3.63, 3.8) is 0 Å². The summed E-state index contributed by atoms with van der Waals surface area (Å²) in [7, 11) is -3.37. The van der Waals surface area contributed by atoms with Crippen molar-refractivity contribution in [2.24, 2.45) is 0 Å². The summed E-state index contributed by atoms with van der Waals surface area (Å²) in [5.41, 5.74) is 0. The third kappa shape index (κ3) is 3.44. The number of thiophene rings is 1. The molecule has 98 valence electrons. The van der Waals surface area contributed by atoms with Gasteiger partial charge >= 0.3 is 0 Å². The molecule has 1 heterocycles. The highest BCUT2D eigenvalue weighted by Gasteiger charge is 2.26. The summed E-state index contributed by atoms with van der Waals surface area (Å²) in [5.74, 6) is 0.248. The first-order valence-corrected chi connectivity index (χ1v) is 8.55. The normalized spacial score (nSPS) is 12.2. The Morgan fingerprint density at radius 1 is 1.29 bits per heavy atom. The van der Waals surface area contributed by atoms with Gasteiger partial charge in [-0.25, -0.2) is 8.42 Å². The molecule has 0 saturated carbocycles. The Balaban J connectivity index is 3.07. The minimum Gasteiger partial charge on any atom is -0.207 e. The van der Waals surface area contributed by atoms with Gasteiger partial charge in [-0.15, -0.1) is 22.9 Å². The minimum atomic E-state index is -3.37. The molecule has 17 heavy (non-hydrogen) atoms. The van der Waals surface area contributed by atoms with Gasteiger partial charge in [0.2, 0.25) is 10.0 Å². The molecule has 1 rings (SSSR count). The van der Waals surface area contributed by atoms with Gasteiger partial charge in [-0.2, -0.15) is 4.31 Å². The number of rotatable bonds is 7. The Labute approximate surface area is 112 Å². The minimum absolute atomic E-state index is 0.248. The summed E-state index contributed by atoms with van der Waals surface area (Å²) in [4.78, 5) is 1.10. The lowest BCUT2D eigenvalue weighted by Crippen LogP contribution is -2.32. The van der Waals surface area contributed by atoms with Crippen LogP contribution in [-0.2, 0) is 15.9 Å². The maximum absolute atomic E-state index is 12.4. The molecular formula is C11H18ClNO2S2. The van der Waals surface area contributed by atoms with E-state index in [2.05, 4.69) is 0 Å². The third-order valence-electron chi connectivity index (χ3n) is 2.39. The number of nitrogens with zero attached hydrogens (tertiary/aromatic N) is 1. The van der Waals surface area contributed by atoms with Crippen LogP contribution in [0.5, 0.6) is 0 Å². The van der Waals surface area contributed by atoms with Crippen molar-refractivity contribution in [3.8, 4) is 0 Å². The number of hydrogen-bond acceptors (Lipinski definition) is 3. The monoisotopic (exact) mass is 295 g/mol. The van der Waals surface area contributed by atoms with Crippen LogP contribution in [0.25, 0.3) is 0 Å². The van der Waals surface area contributed by atoms with Crippen molar-refractivity contribution in [1.29, 1.82) is 0 Å². The molecule has 0 atom stereocenters. The maximum atomic E-state index is 12.4. The molecule has 0 spiro atoms. The molecule has 0 unspecified atom stereocenters. The molecule has 0 radical (unpaired) electrons. The molecule has 1 aromatic rings. The van der Waals surface area contributed by atoms with E-state index in [0.29, 0.717) is 18.0 Å². The standard InChI is InChI=1S/C11H18ClNO2S2/c1-3-6-13(7-4-2)17(14,15)11-5-8-16-10(11)9-12/h5,8H,3-4,6-7,9H2,1-2H3. The second-order valence-electron chi connectivity index (χ2n) is 3.75. The van der Waals surface area contributed by atoms with Crippen LogP contribution < -0.4 is 0 Å². The zero-order valence-electron chi connectivity index (χ0n) is 10.1. The molecule has 0 N–H and O–H groups in total. The van der Waals surface area contributed by atoms with E-state index < -0.39 is 10.0 Å². The van der Waals surface area contributed by atoms with Gasteiger partial charge in [-0.1, -0.05) is 13.8 Å². The number of sulfonamides is 1. The van der Waals surface area contributed by atoms with Crippen LogP contribution in [0.3, 0.4) is 0 Å². The van der Waals surface area contributed by atoms with E-state index >= 15 is 0 Å². The van der Waals surface area contributed by atoms with Gasteiger partial charge < -0.3 is 0 Å². The van der Waals surface area contributed by atoms with Crippen LogP contribution in [0.4, 0.5) is 0 Å². The molecule has 1 aromatic heterocycles. The summed E-state index contributed by atoms with van der Waals surface area (Å²) in [5, 5.41) is 1.78. The van der Waals surface area contributed by atoms with Crippen molar-refractivity contribution >= 4 is 33.0 Å². The van der Waals surface area contributed by atoms with E-state index in [1.165, 1.54) is 11.3 Å². The predicted octanol–water partition coefficient (Wildman–Crippen LogP) is 3.30. The zero-order chi connectivity index (χ0) is 12.9. The van der Waals surface area contributed by atoms with Gasteiger partial charge in [0.15, 0.2) is 0 Å². The van der Waals surface area contributed by atoms with Crippen molar-refractivity contribution < 1.29 is 8.42 Å². The van der Waals surface area contributed by atoms with Gasteiger partial charge in [-0.3, -0.25) is 0 Å². The summed E-state index contributed by atoms with van der Waals surface area (Å²) in [6, 6.07) is 1.65. The van der Waals surface area contributed by atoms with E-state index in [0.717, 1.165) is 17.7 Å². The van der Waals surface area contributed by atoms with Crippen LogP contribution >= 0.6 is 22.9 Å². The van der Waals surface area contributed by atoms with Crippen LogP contribution in [-0.4, -0.2) is 25.8 Å². The van der Waals surface area contributed by atoms with Crippen LogP contribution in [0.2, 0.25) is 0 Å². The van der Waals surface area contributed by atoms with Gasteiger partial charge in [0, 0.05) is 18.0 Å². The first-order chi connectivity index (χ1) is 8.07. The van der Waals surface area contributed by atoms with Crippen LogP contribution in [0.1, 0.15) is 31.6 Å². The highest BCUT2D eigenvalue weighted by molar-refractivity contribution is 7.89. The van der Waals surface area contributed by atoms with Crippen molar-refractivity contribution in [2.75, 3.05) is 13.1 Å². The molecule has 0 aromatic carbocycles. The number of alkyl halides is 1. The first-order valence-electron chi connectivity index (χ1n) is 5.70. The average Bonchev–Trinajstić information content (AvgIpc) is 2.77. The number of hydrogen-bond donors (Lipinski definition) is 0. The van der Waals surface area contributed by atoms with Gasteiger partial charge in [0.25, 0.3) is 0 Å². The fourth-order valence-electron chi connectivity index (χ4n) is 1.65. The third-order valence-corrected chi connectivity index (χ3v) is 5.85. The average molecular weight is 296 g/mol. The second-order valence-corrected chi connectivity index (χ2v) is 6.92. The maximum Gasteiger partial charge on any atom is 0.244 e.